The molecule has 1 aliphatic heterocycles. The number of nitrogens with one attached hydrogen (secondary N) is 3. The number of hydrogen-bond donors (Lipinski definition) is 3. The summed E-state index contributed by atoms with van der Waals surface area (Å²) in [7, 11) is 0. The minimum Gasteiger partial charge on any atom is -0.351 e. The second kappa shape index (κ2) is 8.06. The van der Waals surface area contributed by atoms with Crippen LogP contribution in [0.3, 0.4) is 0 Å². The second-order valence-corrected chi connectivity index (χ2v) is 6.21. The normalized spacial score (nSPS) is 16.9. The molecule has 0 aliphatic carbocycles. The molecule has 6 heteroatoms. The maximum Gasteiger partial charge on any atom is 0.254 e. The van der Waals surface area contributed by atoms with E-state index in [0.29, 0.717) is 0 Å². The molecule has 1 unspecified atom stereocenters. The van der Waals surface area contributed by atoms with Gasteiger partial charge in [0.25, 0.3) is 5.91 Å². The smallest absolute Gasteiger partial charge is 0.254 e. The van der Waals surface area contributed by atoms with Crippen molar-refractivity contribution in [3.05, 3.63) is 35.6 Å². The zero-order valence-electron chi connectivity index (χ0n) is 13.6. The van der Waals surface area contributed by atoms with Crippen LogP contribution < -0.4 is 16.0 Å². The van der Waals surface area contributed by atoms with E-state index in [4.69, 9.17) is 0 Å². The number of rotatable bonds is 5. The summed E-state index contributed by atoms with van der Waals surface area (Å²) < 4.78 is 13.7. The minimum absolute atomic E-state index is 0.0483. The summed E-state index contributed by atoms with van der Waals surface area (Å²) in [6.45, 7) is 5.46. The van der Waals surface area contributed by atoms with Gasteiger partial charge in [0.2, 0.25) is 5.91 Å². The molecule has 0 radical (unpaired) electrons. The highest BCUT2D eigenvalue weighted by Gasteiger charge is 2.27. The van der Waals surface area contributed by atoms with E-state index in [1.54, 1.807) is 6.07 Å². The monoisotopic (exact) mass is 321 g/mol. The predicted molar refractivity (Wildman–Crippen MR) is 86.5 cm³/mol. The minimum atomic E-state index is -0.683. The molecule has 2 amide bonds. The number of benzene rings is 1. The lowest BCUT2D eigenvalue weighted by molar-refractivity contribution is -0.124. The molecule has 3 N–H and O–H groups in total. The first-order valence-corrected chi connectivity index (χ1v) is 8.05. The Labute approximate surface area is 136 Å². The van der Waals surface area contributed by atoms with Gasteiger partial charge in [-0.3, -0.25) is 9.59 Å². The maximum absolute atomic E-state index is 13.7. The fraction of sp³-hybridized carbons (Fsp3) is 0.529. The van der Waals surface area contributed by atoms with Crippen molar-refractivity contribution in [2.24, 2.45) is 5.92 Å². The molecule has 1 aliphatic rings. The summed E-state index contributed by atoms with van der Waals surface area (Å²) in [5, 5.41) is 8.88. The van der Waals surface area contributed by atoms with Crippen molar-refractivity contribution in [2.75, 3.05) is 13.1 Å². The second-order valence-electron chi connectivity index (χ2n) is 6.21. The first-order chi connectivity index (χ1) is 11.0. The van der Waals surface area contributed by atoms with Crippen LogP contribution >= 0.6 is 0 Å². The van der Waals surface area contributed by atoms with Gasteiger partial charge in [0.15, 0.2) is 0 Å². The van der Waals surface area contributed by atoms with E-state index in [0.717, 1.165) is 25.9 Å². The molecule has 126 valence electrons. The molecule has 0 saturated carbocycles. The molecule has 0 bridgehead atoms. The molecule has 1 atom stereocenters. The summed E-state index contributed by atoms with van der Waals surface area (Å²) >= 11 is 0. The first kappa shape index (κ1) is 17.4. The molecule has 0 aromatic heterocycles. The van der Waals surface area contributed by atoms with Gasteiger partial charge in [0, 0.05) is 6.04 Å². The quantitative estimate of drug-likeness (QED) is 0.769. The largest absolute Gasteiger partial charge is 0.351 e. The van der Waals surface area contributed by atoms with Crippen LogP contribution in [0.1, 0.15) is 37.0 Å². The van der Waals surface area contributed by atoms with E-state index >= 15 is 0 Å². The Morgan fingerprint density at radius 3 is 2.48 bits per heavy atom. The van der Waals surface area contributed by atoms with Crippen LogP contribution in [0.2, 0.25) is 0 Å². The van der Waals surface area contributed by atoms with Crippen molar-refractivity contribution in [1.82, 2.24) is 16.0 Å². The third kappa shape index (κ3) is 4.76. The summed E-state index contributed by atoms with van der Waals surface area (Å²) in [6.07, 6.45) is 1.75. The third-order valence-electron chi connectivity index (χ3n) is 4.04. The summed E-state index contributed by atoms with van der Waals surface area (Å²) in [6, 6.07) is 5.20. The number of hydrogen-bond acceptors (Lipinski definition) is 3. The van der Waals surface area contributed by atoms with Gasteiger partial charge in [-0.15, -0.1) is 0 Å². The average Bonchev–Trinajstić information content (AvgIpc) is 2.53. The summed E-state index contributed by atoms with van der Waals surface area (Å²) in [4.78, 5) is 24.7. The highest BCUT2D eigenvalue weighted by atomic mass is 19.1. The van der Waals surface area contributed by atoms with E-state index in [2.05, 4.69) is 16.0 Å². The van der Waals surface area contributed by atoms with Crippen LogP contribution in [0.4, 0.5) is 4.39 Å². The zero-order chi connectivity index (χ0) is 16.8. The van der Waals surface area contributed by atoms with Crippen LogP contribution in [0, 0.1) is 11.7 Å². The van der Waals surface area contributed by atoms with Gasteiger partial charge in [0.05, 0.1) is 5.56 Å². The van der Waals surface area contributed by atoms with Crippen LogP contribution in [0.15, 0.2) is 24.3 Å². The van der Waals surface area contributed by atoms with Gasteiger partial charge >= 0.3 is 0 Å². The average molecular weight is 321 g/mol. The lowest BCUT2D eigenvalue weighted by Crippen LogP contribution is -2.53. The van der Waals surface area contributed by atoms with Gasteiger partial charge in [-0.25, -0.2) is 4.39 Å². The van der Waals surface area contributed by atoms with Crippen LogP contribution in [0.5, 0.6) is 0 Å². The number of carbonyl (C=O) groups excluding carboxylic acids is 2. The van der Waals surface area contributed by atoms with Crippen LogP contribution in [0.25, 0.3) is 0 Å². The lowest BCUT2D eigenvalue weighted by Gasteiger charge is -2.28. The molecule has 1 fully saturated rings. The Kier molecular flexibility index (Phi) is 6.10. The molecule has 1 saturated heterocycles. The highest BCUT2D eigenvalue weighted by molar-refractivity contribution is 5.97. The Morgan fingerprint density at radius 2 is 1.87 bits per heavy atom. The third-order valence-corrected chi connectivity index (χ3v) is 4.04. The van der Waals surface area contributed by atoms with Gasteiger partial charge in [-0.1, -0.05) is 26.0 Å². The Balaban J connectivity index is 2.01. The number of halogens is 1. The Bertz CT molecular complexity index is 557. The van der Waals surface area contributed by atoms with Crippen molar-refractivity contribution in [2.45, 2.75) is 38.8 Å². The van der Waals surface area contributed by atoms with E-state index in [1.165, 1.54) is 18.2 Å². The topological polar surface area (TPSA) is 70.2 Å². The molecular weight excluding hydrogens is 297 g/mol. The molecule has 2 rings (SSSR count). The summed E-state index contributed by atoms with van der Waals surface area (Å²) in [5.74, 6) is -1.46. The zero-order valence-corrected chi connectivity index (χ0v) is 13.6. The van der Waals surface area contributed by atoms with E-state index in [-0.39, 0.29) is 23.4 Å². The predicted octanol–water partition coefficient (Wildman–Crippen LogP) is 1.45. The van der Waals surface area contributed by atoms with E-state index < -0.39 is 17.8 Å². The molecule has 23 heavy (non-hydrogen) atoms. The van der Waals surface area contributed by atoms with Crippen molar-refractivity contribution in [3.63, 3.8) is 0 Å². The van der Waals surface area contributed by atoms with Gasteiger partial charge < -0.3 is 16.0 Å². The first-order valence-electron chi connectivity index (χ1n) is 8.05. The summed E-state index contributed by atoms with van der Waals surface area (Å²) in [5.41, 5.74) is -0.0483. The molecule has 1 aromatic rings. The standard InChI is InChI=1S/C17H24FN3O2/c1-11(2)15(17(23)20-12-7-9-19-10-8-12)21-16(22)13-5-3-4-6-14(13)18/h3-6,11-12,15,19H,7-10H2,1-2H3,(H,20,23)(H,21,22). The van der Waals surface area contributed by atoms with Crippen molar-refractivity contribution >= 4 is 11.8 Å². The van der Waals surface area contributed by atoms with Crippen molar-refractivity contribution < 1.29 is 14.0 Å². The molecular formula is C17H24FN3O2. The van der Waals surface area contributed by atoms with Gasteiger partial charge in [-0.05, 0) is 44.0 Å². The Morgan fingerprint density at radius 1 is 1.22 bits per heavy atom. The fourth-order valence-electron chi connectivity index (χ4n) is 2.66. The SMILES string of the molecule is CC(C)C(NC(=O)c1ccccc1F)C(=O)NC1CCNCC1. The fourth-order valence-corrected chi connectivity index (χ4v) is 2.66. The van der Waals surface area contributed by atoms with Crippen LogP contribution in [-0.2, 0) is 4.79 Å². The Hall–Kier alpha value is -1.95. The van der Waals surface area contributed by atoms with Crippen molar-refractivity contribution in [3.8, 4) is 0 Å². The number of amides is 2. The van der Waals surface area contributed by atoms with Gasteiger partial charge in [-0.2, -0.15) is 0 Å². The molecule has 0 spiro atoms. The highest BCUT2D eigenvalue weighted by Crippen LogP contribution is 2.10. The van der Waals surface area contributed by atoms with E-state index in [1.807, 2.05) is 13.8 Å². The van der Waals surface area contributed by atoms with E-state index in [9.17, 15) is 14.0 Å². The lowest BCUT2D eigenvalue weighted by atomic mass is 10.0. The molecule has 1 aromatic carbocycles. The molecule has 5 nitrogen and oxygen atoms in total. The number of piperidine rings is 1. The van der Waals surface area contributed by atoms with Gasteiger partial charge in [0.1, 0.15) is 11.9 Å². The van der Waals surface area contributed by atoms with Crippen LogP contribution in [-0.4, -0.2) is 37.0 Å². The van der Waals surface area contributed by atoms with Crippen molar-refractivity contribution in [1.29, 1.82) is 0 Å². The number of carbonyl (C=O) groups is 2. The maximum atomic E-state index is 13.7. The molecule has 1 heterocycles.